The van der Waals surface area contributed by atoms with Crippen LogP contribution in [0.5, 0.6) is 0 Å². The fourth-order valence-corrected chi connectivity index (χ4v) is 3.79. The third-order valence-electron chi connectivity index (χ3n) is 5.41. The van der Waals surface area contributed by atoms with Crippen LogP contribution in [-0.2, 0) is 0 Å². The van der Waals surface area contributed by atoms with Gasteiger partial charge in [0, 0.05) is 24.0 Å². The molecule has 0 radical (unpaired) electrons. The zero-order valence-electron chi connectivity index (χ0n) is 15.5. The van der Waals surface area contributed by atoms with Gasteiger partial charge in [-0.05, 0) is 31.4 Å². The molecular formula is C21H17FN4O3. The second-order valence-electron chi connectivity index (χ2n) is 7.41. The van der Waals surface area contributed by atoms with Crippen molar-refractivity contribution in [1.29, 1.82) is 0 Å². The van der Waals surface area contributed by atoms with Crippen LogP contribution in [0.3, 0.4) is 0 Å². The third kappa shape index (κ3) is 2.71. The average Bonchev–Trinajstić information content (AvgIpc) is 3.54. The normalized spacial score (nSPS) is 19.9. The number of hydrogen-bond acceptors (Lipinski definition) is 5. The van der Waals surface area contributed by atoms with Crippen LogP contribution in [0, 0.1) is 6.92 Å². The maximum atomic E-state index is 14.8. The van der Waals surface area contributed by atoms with Crippen molar-refractivity contribution in [3.63, 3.8) is 0 Å². The van der Waals surface area contributed by atoms with E-state index >= 15 is 0 Å². The predicted molar refractivity (Wildman–Crippen MR) is 105 cm³/mol. The van der Waals surface area contributed by atoms with Crippen LogP contribution in [0.15, 0.2) is 57.5 Å². The number of halogens is 1. The molecule has 1 N–H and O–H groups in total. The summed E-state index contributed by atoms with van der Waals surface area (Å²) >= 11 is 0. The SMILES string of the molecule is Cc1ccccc1C1=CN2c3c(c(=O)c(C(=O)O)cn3C3CC3)C=C(F)C2N=N1. The molecule has 1 fully saturated rings. The van der Waals surface area contributed by atoms with Gasteiger partial charge in [0.2, 0.25) is 5.43 Å². The van der Waals surface area contributed by atoms with Gasteiger partial charge < -0.3 is 14.6 Å². The van der Waals surface area contributed by atoms with Gasteiger partial charge in [0.25, 0.3) is 0 Å². The Morgan fingerprint density at radius 2 is 2.03 bits per heavy atom. The highest BCUT2D eigenvalue weighted by Crippen LogP contribution is 2.44. The Bertz CT molecular complexity index is 1210. The van der Waals surface area contributed by atoms with E-state index in [1.807, 2.05) is 31.2 Å². The molecule has 29 heavy (non-hydrogen) atoms. The number of aromatic nitrogens is 1. The number of anilines is 1. The van der Waals surface area contributed by atoms with Crippen molar-refractivity contribution in [2.45, 2.75) is 32.0 Å². The lowest BCUT2D eigenvalue weighted by Gasteiger charge is -2.35. The molecule has 5 rings (SSSR count). The van der Waals surface area contributed by atoms with Crippen molar-refractivity contribution in [3.05, 3.63) is 75.0 Å². The zero-order valence-corrected chi connectivity index (χ0v) is 15.5. The standard InChI is InChI=1S/C21H17FN4O3/c1-11-4-2-3-5-13(11)17-10-26-19(24-23-17)16(22)8-14-18(27)15(21(28)29)9-25(20(14)26)12-6-7-12/h2-5,8-10,12,19H,6-7H2,1H3,(H,28,29). The fourth-order valence-electron chi connectivity index (χ4n) is 3.79. The lowest BCUT2D eigenvalue weighted by atomic mass is 10.0. The topological polar surface area (TPSA) is 87.3 Å². The van der Waals surface area contributed by atoms with E-state index < -0.39 is 23.4 Å². The average molecular weight is 392 g/mol. The molecule has 2 aliphatic heterocycles. The van der Waals surface area contributed by atoms with E-state index in [-0.39, 0.29) is 17.2 Å². The number of carboxylic acids is 1. The van der Waals surface area contributed by atoms with Crippen LogP contribution in [0.4, 0.5) is 10.2 Å². The Kier molecular flexibility index (Phi) is 3.77. The smallest absolute Gasteiger partial charge is 0.341 e. The summed E-state index contributed by atoms with van der Waals surface area (Å²) in [7, 11) is 0. The molecule has 1 saturated carbocycles. The van der Waals surface area contributed by atoms with Crippen LogP contribution in [-0.4, -0.2) is 21.8 Å². The summed E-state index contributed by atoms with van der Waals surface area (Å²) in [6, 6.07) is 7.72. The van der Waals surface area contributed by atoms with Crippen molar-refractivity contribution in [2.75, 3.05) is 4.90 Å². The molecule has 1 aromatic heterocycles. The Labute approximate surface area is 165 Å². The van der Waals surface area contributed by atoms with Crippen LogP contribution in [0.1, 0.15) is 45.9 Å². The van der Waals surface area contributed by atoms with Gasteiger partial charge in [-0.3, -0.25) is 4.79 Å². The molecule has 7 nitrogen and oxygen atoms in total. The second kappa shape index (κ2) is 6.23. The first-order chi connectivity index (χ1) is 14.0. The molecule has 3 heterocycles. The zero-order chi connectivity index (χ0) is 20.3. The van der Waals surface area contributed by atoms with Gasteiger partial charge in [-0.2, -0.15) is 10.2 Å². The number of hydrogen-bond donors (Lipinski definition) is 1. The van der Waals surface area contributed by atoms with E-state index in [0.29, 0.717) is 11.5 Å². The molecule has 146 valence electrons. The maximum absolute atomic E-state index is 14.8. The van der Waals surface area contributed by atoms with Crippen LogP contribution in [0.2, 0.25) is 0 Å². The molecule has 0 spiro atoms. The number of carbonyl (C=O) groups is 1. The van der Waals surface area contributed by atoms with Gasteiger partial charge in [-0.1, -0.05) is 24.3 Å². The van der Waals surface area contributed by atoms with E-state index in [4.69, 9.17) is 0 Å². The van der Waals surface area contributed by atoms with Crippen molar-refractivity contribution in [3.8, 4) is 0 Å². The number of aryl methyl sites for hydroxylation is 1. The molecule has 0 saturated heterocycles. The lowest BCUT2D eigenvalue weighted by Crippen LogP contribution is -2.39. The Morgan fingerprint density at radius 3 is 2.72 bits per heavy atom. The lowest BCUT2D eigenvalue weighted by molar-refractivity contribution is 0.0694. The minimum Gasteiger partial charge on any atom is -0.477 e. The Balaban J connectivity index is 1.75. The number of carboxylic acid groups (broad SMARTS) is 1. The first kappa shape index (κ1) is 17.5. The number of benzene rings is 1. The highest BCUT2D eigenvalue weighted by Gasteiger charge is 2.38. The van der Waals surface area contributed by atoms with Gasteiger partial charge in [0.15, 0.2) is 6.17 Å². The summed E-state index contributed by atoms with van der Waals surface area (Å²) in [5.74, 6) is -1.51. The summed E-state index contributed by atoms with van der Waals surface area (Å²) in [5, 5.41) is 17.8. The second-order valence-corrected chi connectivity index (χ2v) is 7.41. The van der Waals surface area contributed by atoms with Gasteiger partial charge >= 0.3 is 5.97 Å². The van der Waals surface area contributed by atoms with Gasteiger partial charge in [0.05, 0.1) is 5.56 Å². The van der Waals surface area contributed by atoms with Gasteiger partial charge in [-0.15, -0.1) is 0 Å². The van der Waals surface area contributed by atoms with Crippen LogP contribution < -0.4 is 10.3 Å². The minimum absolute atomic E-state index is 0.0306. The summed E-state index contributed by atoms with van der Waals surface area (Å²) < 4.78 is 16.6. The number of rotatable bonds is 3. The van der Waals surface area contributed by atoms with E-state index in [9.17, 15) is 19.1 Å². The first-order valence-corrected chi connectivity index (χ1v) is 9.32. The first-order valence-electron chi connectivity index (χ1n) is 9.32. The number of azo groups is 1. The number of aromatic carboxylic acids is 1. The summed E-state index contributed by atoms with van der Waals surface area (Å²) in [6.45, 7) is 1.95. The van der Waals surface area contributed by atoms with E-state index in [2.05, 4.69) is 10.2 Å². The van der Waals surface area contributed by atoms with E-state index in [1.165, 1.54) is 6.20 Å². The van der Waals surface area contributed by atoms with E-state index in [1.54, 1.807) is 15.7 Å². The van der Waals surface area contributed by atoms with Crippen LogP contribution in [0.25, 0.3) is 11.8 Å². The monoisotopic (exact) mass is 392 g/mol. The van der Waals surface area contributed by atoms with Gasteiger partial charge in [-0.25, -0.2) is 9.18 Å². The maximum Gasteiger partial charge on any atom is 0.341 e. The van der Waals surface area contributed by atoms with Crippen molar-refractivity contribution >= 4 is 23.6 Å². The van der Waals surface area contributed by atoms with Crippen LogP contribution >= 0.6 is 0 Å². The van der Waals surface area contributed by atoms with E-state index in [0.717, 1.165) is 30.0 Å². The van der Waals surface area contributed by atoms with Crippen molar-refractivity contribution < 1.29 is 14.3 Å². The fraction of sp³-hybridized carbons (Fsp3) is 0.238. The number of fused-ring (bicyclic) bond motifs is 3. The molecule has 1 aliphatic carbocycles. The molecule has 1 atom stereocenters. The minimum atomic E-state index is -1.32. The molecule has 8 heteroatoms. The molecule has 1 aromatic carbocycles. The summed E-state index contributed by atoms with van der Waals surface area (Å²) in [4.78, 5) is 25.9. The third-order valence-corrected chi connectivity index (χ3v) is 5.41. The number of nitrogens with zero attached hydrogens (tertiary/aromatic N) is 4. The highest BCUT2D eigenvalue weighted by atomic mass is 19.1. The van der Waals surface area contributed by atoms with Crippen molar-refractivity contribution in [1.82, 2.24) is 4.57 Å². The largest absolute Gasteiger partial charge is 0.477 e. The molecule has 1 unspecified atom stereocenters. The van der Waals surface area contributed by atoms with Crippen molar-refractivity contribution in [2.24, 2.45) is 10.2 Å². The molecule has 3 aliphatic rings. The molecule has 0 amide bonds. The quantitative estimate of drug-likeness (QED) is 0.852. The van der Waals surface area contributed by atoms with Gasteiger partial charge in [0.1, 0.15) is 22.9 Å². The molecule has 0 bridgehead atoms. The predicted octanol–water partition coefficient (Wildman–Crippen LogP) is 4.11. The Morgan fingerprint density at radius 1 is 1.28 bits per heavy atom. The Hall–Kier alpha value is -3.55. The molecule has 2 aromatic rings. The summed E-state index contributed by atoms with van der Waals surface area (Å²) in [6.07, 6.45) is 4.88. The molecular weight excluding hydrogens is 375 g/mol. The number of pyridine rings is 1. The summed E-state index contributed by atoms with van der Waals surface area (Å²) in [5.41, 5.74) is 1.37. The highest BCUT2D eigenvalue weighted by molar-refractivity contribution is 5.90.